The number of halogens is 2. The highest BCUT2D eigenvalue weighted by molar-refractivity contribution is 7.22. The molecule has 9 nitrogen and oxygen atoms in total. The number of amides is 2. The molecule has 5 rings (SSSR count). The predicted octanol–water partition coefficient (Wildman–Crippen LogP) is 2.26. The van der Waals surface area contributed by atoms with Crippen molar-refractivity contribution in [2.24, 2.45) is 5.92 Å². The van der Waals surface area contributed by atoms with Crippen molar-refractivity contribution in [3.05, 3.63) is 46.5 Å². The number of hydrogen-bond acceptors (Lipinski definition) is 7. The molecule has 2 fully saturated rings. The summed E-state index contributed by atoms with van der Waals surface area (Å²) < 4.78 is 27.9. The summed E-state index contributed by atoms with van der Waals surface area (Å²) in [7, 11) is 0. The Kier molecular flexibility index (Phi) is 5.98. The van der Waals surface area contributed by atoms with Gasteiger partial charge in [0.05, 0.1) is 5.92 Å². The monoisotopic (exact) mass is 488 g/mol. The minimum Gasteiger partial charge on any atom is -0.353 e. The van der Waals surface area contributed by atoms with Gasteiger partial charge in [-0.25, -0.2) is 13.8 Å². The molecule has 1 atom stereocenters. The molecule has 2 aromatic heterocycles. The standard InChI is InChI=1S/C22H22F2N6O3S/c23-15-6-5-14(8-16(15)24)26-17(31)10-30-11-25-19-18(21(30)33)34-22(28-19)29-7-1-2-12(9-29)20(32)27-13-3-4-13/h5-6,8,11-13H,1-4,7,9-10H2,(H,26,31)(H,27,32)/t12-/m0/s1. The Morgan fingerprint density at radius 1 is 1.18 bits per heavy atom. The van der Waals surface area contributed by atoms with Crippen LogP contribution in [0.15, 0.2) is 29.3 Å². The van der Waals surface area contributed by atoms with Gasteiger partial charge in [-0.2, -0.15) is 4.98 Å². The van der Waals surface area contributed by atoms with Crippen molar-refractivity contribution in [3.63, 3.8) is 0 Å². The van der Waals surface area contributed by atoms with Crippen LogP contribution in [0.25, 0.3) is 10.3 Å². The third-order valence-corrected chi connectivity index (χ3v) is 6.97. The molecule has 0 bridgehead atoms. The lowest BCUT2D eigenvalue weighted by molar-refractivity contribution is -0.125. The lowest BCUT2D eigenvalue weighted by Gasteiger charge is -2.31. The molecule has 2 aliphatic rings. The highest BCUT2D eigenvalue weighted by Crippen LogP contribution is 2.30. The minimum atomic E-state index is -1.08. The zero-order valence-electron chi connectivity index (χ0n) is 18.1. The first-order chi connectivity index (χ1) is 16.4. The zero-order chi connectivity index (χ0) is 23.8. The van der Waals surface area contributed by atoms with E-state index in [0.29, 0.717) is 22.4 Å². The Hall–Kier alpha value is -3.41. The molecule has 34 heavy (non-hydrogen) atoms. The summed E-state index contributed by atoms with van der Waals surface area (Å²) in [5.41, 5.74) is -0.0579. The van der Waals surface area contributed by atoms with Crippen molar-refractivity contribution >= 4 is 44.3 Å². The fraction of sp³-hybridized carbons (Fsp3) is 0.409. The average molecular weight is 489 g/mol. The molecule has 0 unspecified atom stereocenters. The molecule has 0 spiro atoms. The fourth-order valence-electron chi connectivity index (χ4n) is 3.92. The van der Waals surface area contributed by atoms with Crippen LogP contribution in [0.2, 0.25) is 0 Å². The second kappa shape index (κ2) is 9.09. The van der Waals surface area contributed by atoms with Gasteiger partial charge in [0.1, 0.15) is 17.6 Å². The number of thiazole rings is 1. The zero-order valence-corrected chi connectivity index (χ0v) is 18.9. The van der Waals surface area contributed by atoms with E-state index >= 15 is 0 Å². The third kappa shape index (κ3) is 4.76. The van der Waals surface area contributed by atoms with Gasteiger partial charge in [0.25, 0.3) is 5.56 Å². The van der Waals surface area contributed by atoms with Crippen molar-refractivity contribution in [1.82, 2.24) is 19.9 Å². The Balaban J connectivity index is 1.29. The van der Waals surface area contributed by atoms with Crippen LogP contribution in [-0.2, 0) is 16.1 Å². The van der Waals surface area contributed by atoms with E-state index in [0.717, 1.165) is 48.9 Å². The highest BCUT2D eigenvalue weighted by atomic mass is 32.1. The first kappa shape index (κ1) is 22.4. The van der Waals surface area contributed by atoms with Gasteiger partial charge in [0, 0.05) is 30.9 Å². The van der Waals surface area contributed by atoms with Crippen LogP contribution < -0.4 is 21.1 Å². The highest BCUT2D eigenvalue weighted by Gasteiger charge is 2.31. The van der Waals surface area contributed by atoms with E-state index in [-0.39, 0.29) is 29.7 Å². The van der Waals surface area contributed by atoms with Gasteiger partial charge >= 0.3 is 0 Å². The SMILES string of the molecule is O=C(Cn1cnc2nc(N3CCC[C@H](C(=O)NC4CC4)C3)sc2c1=O)Nc1ccc(F)c(F)c1. The van der Waals surface area contributed by atoms with Gasteiger partial charge in [-0.15, -0.1) is 0 Å². The number of nitrogens with one attached hydrogen (secondary N) is 2. The molecule has 1 saturated heterocycles. The number of carbonyl (C=O) groups is 2. The maximum Gasteiger partial charge on any atom is 0.273 e. The second-order valence-corrected chi connectivity index (χ2v) is 9.55. The van der Waals surface area contributed by atoms with Gasteiger partial charge in [0.2, 0.25) is 11.8 Å². The largest absolute Gasteiger partial charge is 0.353 e. The molecule has 3 heterocycles. The Morgan fingerprint density at radius 2 is 2.00 bits per heavy atom. The summed E-state index contributed by atoms with van der Waals surface area (Å²) >= 11 is 1.18. The van der Waals surface area contributed by atoms with Crippen molar-refractivity contribution in [3.8, 4) is 0 Å². The van der Waals surface area contributed by atoms with Gasteiger partial charge in [0.15, 0.2) is 22.4 Å². The molecule has 12 heteroatoms. The Labute approximate surface area is 196 Å². The molecular weight excluding hydrogens is 466 g/mol. The molecule has 1 aliphatic carbocycles. The smallest absolute Gasteiger partial charge is 0.273 e. The topological polar surface area (TPSA) is 109 Å². The number of carbonyl (C=O) groups excluding carboxylic acids is 2. The molecule has 2 amide bonds. The number of anilines is 2. The van der Waals surface area contributed by atoms with Crippen molar-refractivity contribution in [2.45, 2.75) is 38.3 Å². The molecule has 0 radical (unpaired) electrons. The van der Waals surface area contributed by atoms with E-state index in [1.807, 2.05) is 4.90 Å². The van der Waals surface area contributed by atoms with E-state index in [9.17, 15) is 23.2 Å². The molecule has 1 saturated carbocycles. The summed E-state index contributed by atoms with van der Waals surface area (Å²) in [6, 6.07) is 3.31. The van der Waals surface area contributed by atoms with Crippen LogP contribution in [0.3, 0.4) is 0 Å². The first-order valence-electron chi connectivity index (χ1n) is 11.0. The molecule has 178 valence electrons. The van der Waals surface area contributed by atoms with E-state index in [1.54, 1.807) is 0 Å². The molecule has 2 N–H and O–H groups in total. The van der Waals surface area contributed by atoms with Crippen molar-refractivity contribution < 1.29 is 18.4 Å². The maximum atomic E-state index is 13.4. The Morgan fingerprint density at radius 3 is 2.76 bits per heavy atom. The van der Waals surface area contributed by atoms with Gasteiger partial charge in [-0.1, -0.05) is 11.3 Å². The minimum absolute atomic E-state index is 0.0702. The van der Waals surface area contributed by atoms with Crippen LogP contribution in [0.4, 0.5) is 19.6 Å². The third-order valence-electron chi connectivity index (χ3n) is 5.88. The van der Waals surface area contributed by atoms with Crippen LogP contribution in [-0.4, -0.2) is 45.5 Å². The predicted molar refractivity (Wildman–Crippen MR) is 123 cm³/mol. The van der Waals surface area contributed by atoms with Gasteiger partial charge in [-0.05, 0) is 37.8 Å². The molecule has 1 aromatic carbocycles. The molecule has 3 aromatic rings. The quantitative estimate of drug-likeness (QED) is 0.551. The summed E-state index contributed by atoms with van der Waals surface area (Å²) in [5, 5.41) is 6.11. The second-order valence-electron chi connectivity index (χ2n) is 8.57. The first-order valence-corrected chi connectivity index (χ1v) is 11.9. The van der Waals surface area contributed by atoms with E-state index < -0.39 is 23.1 Å². The maximum absolute atomic E-state index is 13.4. The number of nitrogens with zero attached hydrogens (tertiary/aromatic N) is 4. The normalized spacial score (nSPS) is 18.2. The number of rotatable bonds is 6. The number of aromatic nitrogens is 3. The van der Waals surface area contributed by atoms with Crippen molar-refractivity contribution in [2.75, 3.05) is 23.3 Å². The molecule has 1 aliphatic heterocycles. The van der Waals surface area contributed by atoms with E-state index in [4.69, 9.17) is 0 Å². The number of fused-ring (bicyclic) bond motifs is 1. The number of hydrogen-bond donors (Lipinski definition) is 2. The lowest BCUT2D eigenvalue weighted by Crippen LogP contribution is -2.43. The number of piperidine rings is 1. The van der Waals surface area contributed by atoms with Crippen LogP contribution >= 0.6 is 11.3 Å². The van der Waals surface area contributed by atoms with Gasteiger partial charge < -0.3 is 15.5 Å². The molecular formula is C22H22F2N6O3S. The summed E-state index contributed by atoms with van der Waals surface area (Å²) in [5.74, 6) is -2.74. The summed E-state index contributed by atoms with van der Waals surface area (Å²) in [6.45, 7) is 0.919. The van der Waals surface area contributed by atoms with Crippen LogP contribution in [0.1, 0.15) is 25.7 Å². The van der Waals surface area contributed by atoms with Crippen LogP contribution in [0.5, 0.6) is 0 Å². The summed E-state index contributed by atoms with van der Waals surface area (Å²) in [4.78, 5) is 48.4. The fourth-order valence-corrected chi connectivity index (χ4v) is 4.93. The lowest BCUT2D eigenvalue weighted by atomic mass is 9.97. The summed E-state index contributed by atoms with van der Waals surface area (Å²) in [6.07, 6.45) is 4.98. The van der Waals surface area contributed by atoms with Crippen LogP contribution in [0, 0.1) is 17.6 Å². The number of benzene rings is 1. The Bertz CT molecular complexity index is 1320. The van der Waals surface area contributed by atoms with E-state index in [1.165, 1.54) is 23.7 Å². The van der Waals surface area contributed by atoms with Crippen molar-refractivity contribution in [1.29, 1.82) is 0 Å². The average Bonchev–Trinajstić information content (AvgIpc) is 3.52. The van der Waals surface area contributed by atoms with Gasteiger partial charge in [-0.3, -0.25) is 19.0 Å². The van der Waals surface area contributed by atoms with E-state index in [2.05, 4.69) is 20.6 Å².